The van der Waals surface area contributed by atoms with Gasteiger partial charge in [0, 0.05) is 13.1 Å². The minimum atomic E-state index is -0.868. The van der Waals surface area contributed by atoms with E-state index < -0.39 is 11.4 Å². The summed E-state index contributed by atoms with van der Waals surface area (Å²) in [5, 5.41) is 12.1. The minimum Gasteiger partial charge on any atom is -0.481 e. The first-order valence-electron chi connectivity index (χ1n) is 7.04. The van der Waals surface area contributed by atoms with Gasteiger partial charge in [-0.1, -0.05) is 27.7 Å². The Labute approximate surface area is 115 Å². The molecule has 0 saturated heterocycles. The molecule has 19 heavy (non-hydrogen) atoms. The smallest absolute Gasteiger partial charge is 0.311 e. The fourth-order valence-electron chi connectivity index (χ4n) is 2.16. The number of rotatable bonds is 9. The molecule has 0 spiro atoms. The van der Waals surface area contributed by atoms with Crippen molar-refractivity contribution in [3.05, 3.63) is 0 Å². The lowest BCUT2D eigenvalue weighted by Crippen LogP contribution is -2.45. The molecular formula is C14H28N2O3. The molecule has 112 valence electrons. The summed E-state index contributed by atoms with van der Waals surface area (Å²) < 4.78 is 0. The Balaban J connectivity index is 4.59. The monoisotopic (exact) mass is 272 g/mol. The largest absolute Gasteiger partial charge is 0.481 e. The molecule has 4 N–H and O–H groups in total. The van der Waals surface area contributed by atoms with Crippen molar-refractivity contribution in [2.24, 2.45) is 23.0 Å². The number of carboxylic acids is 1. The van der Waals surface area contributed by atoms with Crippen LogP contribution in [0.5, 0.6) is 0 Å². The highest BCUT2D eigenvalue weighted by molar-refractivity contribution is 5.80. The number of carbonyl (C=O) groups excluding carboxylic acids is 1. The van der Waals surface area contributed by atoms with Gasteiger partial charge in [-0.05, 0) is 25.2 Å². The first-order chi connectivity index (χ1) is 8.82. The Bertz CT molecular complexity index is 299. The third kappa shape index (κ3) is 5.19. The SMILES string of the molecule is CCC(CC)(CNC(=O)C(CN)CC(C)C)C(=O)O. The van der Waals surface area contributed by atoms with Crippen LogP contribution in [0.15, 0.2) is 0 Å². The summed E-state index contributed by atoms with van der Waals surface area (Å²) in [6.07, 6.45) is 1.72. The van der Waals surface area contributed by atoms with Crippen LogP contribution in [0.2, 0.25) is 0 Å². The van der Waals surface area contributed by atoms with E-state index in [1.807, 2.05) is 27.7 Å². The molecule has 0 aliphatic rings. The van der Waals surface area contributed by atoms with Gasteiger partial charge >= 0.3 is 5.97 Å². The van der Waals surface area contributed by atoms with Crippen molar-refractivity contribution in [3.8, 4) is 0 Å². The molecule has 5 heteroatoms. The molecular weight excluding hydrogens is 244 g/mol. The Kier molecular flexibility index (Phi) is 7.68. The molecule has 0 heterocycles. The van der Waals surface area contributed by atoms with E-state index in [4.69, 9.17) is 5.73 Å². The molecule has 0 aromatic rings. The van der Waals surface area contributed by atoms with Gasteiger partial charge in [0.25, 0.3) is 0 Å². The van der Waals surface area contributed by atoms with Crippen molar-refractivity contribution < 1.29 is 14.7 Å². The average molecular weight is 272 g/mol. The maximum absolute atomic E-state index is 12.0. The Hall–Kier alpha value is -1.10. The average Bonchev–Trinajstić information content (AvgIpc) is 2.36. The van der Waals surface area contributed by atoms with Crippen LogP contribution in [-0.4, -0.2) is 30.1 Å². The number of carbonyl (C=O) groups is 2. The van der Waals surface area contributed by atoms with Crippen LogP contribution in [0.4, 0.5) is 0 Å². The highest BCUT2D eigenvalue weighted by atomic mass is 16.4. The molecule has 5 nitrogen and oxygen atoms in total. The zero-order valence-corrected chi connectivity index (χ0v) is 12.5. The van der Waals surface area contributed by atoms with Gasteiger partial charge in [-0.15, -0.1) is 0 Å². The molecule has 0 aliphatic carbocycles. The number of carboxylic acid groups (broad SMARTS) is 1. The van der Waals surface area contributed by atoms with Crippen molar-refractivity contribution in [1.82, 2.24) is 5.32 Å². The molecule has 1 atom stereocenters. The first kappa shape index (κ1) is 17.9. The molecule has 0 rings (SSSR count). The number of nitrogens with two attached hydrogens (primary N) is 1. The maximum Gasteiger partial charge on any atom is 0.311 e. The number of hydrogen-bond donors (Lipinski definition) is 3. The summed E-state index contributed by atoms with van der Waals surface area (Å²) in [5.74, 6) is -0.837. The maximum atomic E-state index is 12.0. The van der Waals surface area contributed by atoms with E-state index in [1.54, 1.807) is 0 Å². The third-order valence-corrected chi connectivity index (χ3v) is 3.82. The second-order valence-electron chi connectivity index (χ2n) is 5.57. The second kappa shape index (κ2) is 8.15. The van der Waals surface area contributed by atoms with E-state index in [9.17, 15) is 14.7 Å². The summed E-state index contributed by atoms with van der Waals surface area (Å²) in [5.41, 5.74) is 4.74. The van der Waals surface area contributed by atoms with Gasteiger partial charge in [-0.25, -0.2) is 0 Å². The topological polar surface area (TPSA) is 92.4 Å². The van der Waals surface area contributed by atoms with Gasteiger partial charge in [0.2, 0.25) is 5.91 Å². The standard InChI is InChI=1S/C14H28N2O3/c1-5-14(6-2,13(18)19)9-16-12(17)11(8-15)7-10(3)4/h10-11H,5-9,15H2,1-4H3,(H,16,17)(H,18,19). The van der Waals surface area contributed by atoms with Gasteiger partial charge in [0.15, 0.2) is 0 Å². The van der Waals surface area contributed by atoms with Crippen molar-refractivity contribution in [2.75, 3.05) is 13.1 Å². The Morgan fingerprint density at radius 2 is 1.79 bits per heavy atom. The lowest BCUT2D eigenvalue weighted by atomic mass is 9.82. The molecule has 0 aliphatic heterocycles. The quantitative estimate of drug-likeness (QED) is 0.594. The summed E-state index contributed by atoms with van der Waals surface area (Å²) in [6, 6.07) is 0. The summed E-state index contributed by atoms with van der Waals surface area (Å²) in [6.45, 7) is 8.20. The highest BCUT2D eigenvalue weighted by Crippen LogP contribution is 2.26. The second-order valence-corrected chi connectivity index (χ2v) is 5.57. The van der Waals surface area contributed by atoms with Crippen LogP contribution in [0, 0.1) is 17.3 Å². The Morgan fingerprint density at radius 3 is 2.11 bits per heavy atom. The predicted octanol–water partition coefficient (Wildman–Crippen LogP) is 1.61. The molecule has 1 amide bonds. The molecule has 0 aromatic carbocycles. The summed E-state index contributed by atoms with van der Waals surface area (Å²) in [7, 11) is 0. The minimum absolute atomic E-state index is 0.135. The van der Waals surface area contributed by atoms with Crippen LogP contribution < -0.4 is 11.1 Å². The van der Waals surface area contributed by atoms with Crippen LogP contribution in [0.25, 0.3) is 0 Å². The van der Waals surface area contributed by atoms with Gasteiger partial charge < -0.3 is 16.2 Å². The molecule has 0 aromatic heterocycles. The lowest BCUT2D eigenvalue weighted by molar-refractivity contribution is -0.149. The third-order valence-electron chi connectivity index (χ3n) is 3.82. The van der Waals surface area contributed by atoms with E-state index in [1.165, 1.54) is 0 Å². The normalized spacial score (nSPS) is 13.4. The fourth-order valence-corrected chi connectivity index (χ4v) is 2.16. The molecule has 0 radical (unpaired) electrons. The summed E-state index contributed by atoms with van der Waals surface area (Å²) >= 11 is 0. The van der Waals surface area contributed by atoms with Gasteiger partial charge in [0.1, 0.15) is 0 Å². The van der Waals surface area contributed by atoms with Crippen molar-refractivity contribution in [2.45, 2.75) is 47.0 Å². The molecule has 1 unspecified atom stereocenters. The number of hydrogen-bond acceptors (Lipinski definition) is 3. The van der Waals surface area contributed by atoms with E-state index in [2.05, 4.69) is 5.32 Å². The van der Waals surface area contributed by atoms with Gasteiger partial charge in [-0.3, -0.25) is 9.59 Å². The number of aliphatic carboxylic acids is 1. The van der Waals surface area contributed by atoms with E-state index in [0.29, 0.717) is 25.3 Å². The fraction of sp³-hybridized carbons (Fsp3) is 0.857. The van der Waals surface area contributed by atoms with E-state index in [-0.39, 0.29) is 18.4 Å². The van der Waals surface area contributed by atoms with Crippen LogP contribution in [0.3, 0.4) is 0 Å². The van der Waals surface area contributed by atoms with Crippen LogP contribution in [0.1, 0.15) is 47.0 Å². The van der Waals surface area contributed by atoms with Crippen molar-refractivity contribution in [3.63, 3.8) is 0 Å². The van der Waals surface area contributed by atoms with E-state index in [0.717, 1.165) is 6.42 Å². The van der Waals surface area contributed by atoms with Crippen molar-refractivity contribution >= 4 is 11.9 Å². The lowest BCUT2D eigenvalue weighted by Gasteiger charge is -2.28. The number of amides is 1. The predicted molar refractivity (Wildman–Crippen MR) is 75.7 cm³/mol. The first-order valence-corrected chi connectivity index (χ1v) is 7.04. The van der Waals surface area contributed by atoms with Crippen LogP contribution in [-0.2, 0) is 9.59 Å². The Morgan fingerprint density at radius 1 is 1.26 bits per heavy atom. The zero-order valence-electron chi connectivity index (χ0n) is 12.5. The van der Waals surface area contributed by atoms with Gasteiger partial charge in [-0.2, -0.15) is 0 Å². The molecule has 0 bridgehead atoms. The van der Waals surface area contributed by atoms with Crippen molar-refractivity contribution in [1.29, 1.82) is 0 Å². The molecule has 0 saturated carbocycles. The van der Waals surface area contributed by atoms with Crippen LogP contribution >= 0.6 is 0 Å². The van der Waals surface area contributed by atoms with Gasteiger partial charge in [0.05, 0.1) is 11.3 Å². The summed E-state index contributed by atoms with van der Waals surface area (Å²) in [4.78, 5) is 23.4. The highest BCUT2D eigenvalue weighted by Gasteiger charge is 2.35. The number of nitrogens with one attached hydrogen (secondary N) is 1. The van der Waals surface area contributed by atoms with E-state index >= 15 is 0 Å². The molecule has 0 fully saturated rings. The zero-order chi connectivity index (χ0) is 15.1.